The molecular formula is C18H19N5O3S. The second kappa shape index (κ2) is 8.09. The van der Waals surface area contributed by atoms with E-state index in [9.17, 15) is 9.59 Å². The summed E-state index contributed by atoms with van der Waals surface area (Å²) in [5.41, 5.74) is 1.59. The van der Waals surface area contributed by atoms with Gasteiger partial charge in [-0.05, 0) is 18.6 Å². The highest BCUT2D eigenvalue weighted by atomic mass is 32.2. The minimum absolute atomic E-state index is 0.436. The number of hydrogen-bond acceptors (Lipinski definition) is 6. The maximum absolute atomic E-state index is 12.7. The molecule has 0 aliphatic carbocycles. The molecule has 0 bridgehead atoms. The standard InChI is InChI=1S/C18H19N5O3S/c1-11-13(9-10-26-11)15-21-22-18(23(15)3)27-14(12-7-5-4-6-8-12)16(24)20-17(25)19-2/h4-10,14H,1-3H3,(H2,19,20,24,25). The molecule has 8 nitrogen and oxygen atoms in total. The summed E-state index contributed by atoms with van der Waals surface area (Å²) >= 11 is 1.22. The van der Waals surface area contributed by atoms with Gasteiger partial charge in [0, 0.05) is 14.1 Å². The van der Waals surface area contributed by atoms with Gasteiger partial charge in [-0.15, -0.1) is 10.2 Å². The van der Waals surface area contributed by atoms with Gasteiger partial charge in [0.05, 0.1) is 11.8 Å². The highest BCUT2D eigenvalue weighted by molar-refractivity contribution is 8.00. The molecule has 1 aromatic carbocycles. The van der Waals surface area contributed by atoms with Crippen molar-refractivity contribution in [3.05, 3.63) is 54.0 Å². The van der Waals surface area contributed by atoms with Gasteiger partial charge in [0.25, 0.3) is 0 Å². The predicted molar refractivity (Wildman–Crippen MR) is 101 cm³/mol. The lowest BCUT2D eigenvalue weighted by molar-refractivity contribution is -0.119. The second-order valence-corrected chi connectivity index (χ2v) is 6.80. The molecule has 2 N–H and O–H groups in total. The zero-order chi connectivity index (χ0) is 19.4. The van der Waals surface area contributed by atoms with Crippen molar-refractivity contribution in [1.29, 1.82) is 0 Å². The first-order valence-electron chi connectivity index (χ1n) is 8.19. The third-order valence-corrected chi connectivity index (χ3v) is 5.25. The van der Waals surface area contributed by atoms with Crippen LogP contribution in [-0.4, -0.2) is 33.8 Å². The number of carbonyl (C=O) groups excluding carboxylic acids is 2. The van der Waals surface area contributed by atoms with Crippen LogP contribution in [0.2, 0.25) is 0 Å². The number of imide groups is 1. The highest BCUT2D eigenvalue weighted by Crippen LogP contribution is 2.36. The summed E-state index contributed by atoms with van der Waals surface area (Å²) in [6.45, 7) is 1.85. The van der Waals surface area contributed by atoms with Gasteiger partial charge >= 0.3 is 6.03 Å². The number of thioether (sulfide) groups is 1. The van der Waals surface area contributed by atoms with Crippen molar-refractivity contribution >= 4 is 23.7 Å². The lowest BCUT2D eigenvalue weighted by atomic mass is 10.1. The van der Waals surface area contributed by atoms with E-state index in [1.54, 1.807) is 10.8 Å². The summed E-state index contributed by atoms with van der Waals surface area (Å²) in [7, 11) is 3.28. The average Bonchev–Trinajstić information content (AvgIpc) is 3.25. The first-order valence-corrected chi connectivity index (χ1v) is 9.07. The molecular weight excluding hydrogens is 366 g/mol. The summed E-state index contributed by atoms with van der Waals surface area (Å²) in [6.07, 6.45) is 1.59. The van der Waals surface area contributed by atoms with E-state index >= 15 is 0 Å². The van der Waals surface area contributed by atoms with E-state index in [1.165, 1.54) is 18.8 Å². The van der Waals surface area contributed by atoms with Crippen LogP contribution >= 0.6 is 11.8 Å². The molecule has 0 aliphatic heterocycles. The van der Waals surface area contributed by atoms with E-state index in [1.807, 2.05) is 50.4 Å². The van der Waals surface area contributed by atoms with Crippen LogP contribution in [0.3, 0.4) is 0 Å². The molecule has 9 heteroatoms. The first kappa shape index (κ1) is 18.7. The van der Waals surface area contributed by atoms with Crippen molar-refractivity contribution in [3.63, 3.8) is 0 Å². The number of amides is 3. The Morgan fingerprint density at radius 3 is 2.56 bits per heavy atom. The number of carbonyl (C=O) groups is 2. The number of nitrogens with zero attached hydrogens (tertiary/aromatic N) is 3. The number of benzene rings is 1. The van der Waals surface area contributed by atoms with Gasteiger partial charge in [0.15, 0.2) is 11.0 Å². The molecule has 0 aliphatic rings. The summed E-state index contributed by atoms with van der Waals surface area (Å²) in [5, 5.41) is 13.0. The first-order chi connectivity index (χ1) is 13.0. The summed E-state index contributed by atoms with van der Waals surface area (Å²) < 4.78 is 7.13. The lowest BCUT2D eigenvalue weighted by Gasteiger charge is -2.15. The van der Waals surface area contributed by atoms with Crippen LogP contribution in [-0.2, 0) is 11.8 Å². The van der Waals surface area contributed by atoms with E-state index in [2.05, 4.69) is 20.8 Å². The van der Waals surface area contributed by atoms with E-state index < -0.39 is 17.2 Å². The number of furan rings is 1. The number of rotatable bonds is 5. The number of urea groups is 1. The predicted octanol–water partition coefficient (Wildman–Crippen LogP) is 2.67. The summed E-state index contributed by atoms with van der Waals surface area (Å²) in [4.78, 5) is 24.2. The van der Waals surface area contributed by atoms with Crippen LogP contribution in [0.25, 0.3) is 11.4 Å². The molecule has 0 saturated carbocycles. The minimum Gasteiger partial charge on any atom is -0.469 e. The Morgan fingerprint density at radius 2 is 1.93 bits per heavy atom. The molecule has 1 unspecified atom stereocenters. The van der Waals surface area contributed by atoms with Gasteiger partial charge in [-0.1, -0.05) is 42.1 Å². The summed E-state index contributed by atoms with van der Waals surface area (Å²) in [5.74, 6) is 0.941. The number of aromatic nitrogens is 3. The van der Waals surface area contributed by atoms with E-state index in [4.69, 9.17) is 4.42 Å². The Balaban J connectivity index is 1.91. The van der Waals surface area contributed by atoms with Crippen molar-refractivity contribution < 1.29 is 14.0 Å². The molecule has 0 saturated heterocycles. The Labute approximate surface area is 160 Å². The topological polar surface area (TPSA) is 102 Å². The number of hydrogen-bond donors (Lipinski definition) is 2. The highest BCUT2D eigenvalue weighted by Gasteiger charge is 2.26. The van der Waals surface area contributed by atoms with Gasteiger partial charge in [-0.2, -0.15) is 0 Å². The molecule has 0 spiro atoms. The molecule has 1 atom stereocenters. The van der Waals surface area contributed by atoms with Gasteiger partial charge in [0.2, 0.25) is 5.91 Å². The Morgan fingerprint density at radius 1 is 1.19 bits per heavy atom. The second-order valence-electron chi connectivity index (χ2n) is 5.73. The zero-order valence-corrected chi connectivity index (χ0v) is 15.9. The Kier molecular flexibility index (Phi) is 5.60. The molecule has 2 aromatic heterocycles. The fraction of sp³-hybridized carbons (Fsp3) is 0.222. The summed E-state index contributed by atoms with van der Waals surface area (Å²) in [6, 6.07) is 10.5. The van der Waals surface area contributed by atoms with Crippen molar-refractivity contribution in [2.45, 2.75) is 17.3 Å². The third kappa shape index (κ3) is 4.03. The fourth-order valence-corrected chi connectivity index (χ4v) is 3.52. The molecule has 140 valence electrons. The maximum atomic E-state index is 12.7. The quantitative estimate of drug-likeness (QED) is 0.655. The molecule has 3 rings (SSSR count). The monoisotopic (exact) mass is 385 g/mol. The minimum atomic E-state index is -0.662. The van der Waals surface area contributed by atoms with Crippen LogP contribution in [0.4, 0.5) is 4.79 Å². The maximum Gasteiger partial charge on any atom is 0.321 e. The van der Waals surface area contributed by atoms with Gasteiger partial charge in [-0.25, -0.2) is 4.79 Å². The Hall–Kier alpha value is -3.07. The van der Waals surface area contributed by atoms with Crippen LogP contribution < -0.4 is 10.6 Å². The van der Waals surface area contributed by atoms with Crippen molar-refractivity contribution in [1.82, 2.24) is 25.4 Å². The molecule has 3 aromatic rings. The molecule has 2 heterocycles. The van der Waals surface area contributed by atoms with Crippen molar-refractivity contribution in [2.75, 3.05) is 7.05 Å². The van der Waals surface area contributed by atoms with Crippen LogP contribution in [0.15, 0.2) is 52.2 Å². The van der Waals surface area contributed by atoms with E-state index in [0.29, 0.717) is 11.0 Å². The van der Waals surface area contributed by atoms with Crippen LogP contribution in [0.1, 0.15) is 16.6 Å². The third-order valence-electron chi connectivity index (χ3n) is 3.96. The van der Waals surface area contributed by atoms with E-state index in [0.717, 1.165) is 16.9 Å². The fourth-order valence-electron chi connectivity index (χ4n) is 2.52. The van der Waals surface area contributed by atoms with Crippen LogP contribution in [0, 0.1) is 6.92 Å². The lowest BCUT2D eigenvalue weighted by Crippen LogP contribution is -2.39. The smallest absolute Gasteiger partial charge is 0.321 e. The molecule has 0 radical (unpaired) electrons. The van der Waals surface area contributed by atoms with E-state index in [-0.39, 0.29) is 0 Å². The van der Waals surface area contributed by atoms with Gasteiger partial charge in [0.1, 0.15) is 11.0 Å². The van der Waals surface area contributed by atoms with Crippen LogP contribution in [0.5, 0.6) is 0 Å². The SMILES string of the molecule is CNC(=O)NC(=O)C(Sc1nnc(-c2ccoc2C)n1C)c1ccccc1. The van der Waals surface area contributed by atoms with Crippen molar-refractivity contribution in [2.24, 2.45) is 7.05 Å². The number of nitrogens with one attached hydrogen (secondary N) is 2. The molecule has 0 fully saturated rings. The largest absolute Gasteiger partial charge is 0.469 e. The molecule has 3 amide bonds. The average molecular weight is 385 g/mol. The number of aryl methyl sites for hydroxylation is 1. The van der Waals surface area contributed by atoms with Crippen molar-refractivity contribution in [3.8, 4) is 11.4 Å². The van der Waals surface area contributed by atoms with Gasteiger partial charge < -0.3 is 14.3 Å². The zero-order valence-electron chi connectivity index (χ0n) is 15.1. The molecule has 27 heavy (non-hydrogen) atoms. The van der Waals surface area contributed by atoms with Gasteiger partial charge in [-0.3, -0.25) is 10.1 Å². The normalized spacial score (nSPS) is 11.8. The Bertz CT molecular complexity index is 951.